The molecule has 0 aliphatic carbocycles. The van der Waals surface area contributed by atoms with E-state index in [9.17, 15) is 13.2 Å². The number of nitrogens with one attached hydrogen (secondary N) is 2. The third-order valence-electron chi connectivity index (χ3n) is 4.70. The molecule has 6 heteroatoms. The molecule has 150 valence electrons. The van der Waals surface area contributed by atoms with Gasteiger partial charge in [0.05, 0.1) is 4.90 Å². The van der Waals surface area contributed by atoms with Crippen LogP contribution >= 0.6 is 0 Å². The third-order valence-corrected chi connectivity index (χ3v) is 6.08. The first kappa shape index (κ1) is 19.7. The fourth-order valence-corrected chi connectivity index (χ4v) is 4.24. The van der Waals surface area contributed by atoms with Gasteiger partial charge in [-0.25, -0.2) is 8.42 Å². The van der Waals surface area contributed by atoms with Crippen LogP contribution in [0.15, 0.2) is 102 Å². The van der Waals surface area contributed by atoms with E-state index in [4.69, 9.17) is 0 Å². The molecular weight excluding hydrogens is 396 g/mol. The van der Waals surface area contributed by atoms with E-state index in [0.717, 1.165) is 16.3 Å². The molecule has 4 rings (SSSR count). The fraction of sp³-hybridized carbons (Fsp3) is 0.0417. The van der Waals surface area contributed by atoms with E-state index in [-0.39, 0.29) is 10.8 Å². The Balaban J connectivity index is 1.50. The van der Waals surface area contributed by atoms with Crippen LogP contribution in [0.25, 0.3) is 10.8 Å². The van der Waals surface area contributed by atoms with Crippen molar-refractivity contribution in [3.8, 4) is 0 Å². The molecule has 0 fully saturated rings. The second kappa shape index (κ2) is 8.39. The molecule has 0 bridgehead atoms. The summed E-state index contributed by atoms with van der Waals surface area (Å²) in [5.74, 6) is -0.273. The molecule has 0 aromatic heterocycles. The number of carbonyl (C=O) groups is 1. The highest BCUT2D eigenvalue weighted by atomic mass is 32.2. The highest BCUT2D eigenvalue weighted by molar-refractivity contribution is 7.92. The Morgan fingerprint density at radius 1 is 0.733 bits per heavy atom. The van der Waals surface area contributed by atoms with Gasteiger partial charge in [0.15, 0.2) is 0 Å². The number of hydrogen-bond acceptors (Lipinski definition) is 3. The van der Waals surface area contributed by atoms with E-state index in [1.807, 2.05) is 54.6 Å². The van der Waals surface area contributed by atoms with Gasteiger partial charge in [-0.2, -0.15) is 0 Å². The van der Waals surface area contributed by atoms with Crippen LogP contribution in [-0.2, 0) is 16.6 Å². The van der Waals surface area contributed by atoms with Crippen LogP contribution in [0.2, 0.25) is 0 Å². The first-order chi connectivity index (χ1) is 14.5. The number of anilines is 1. The molecule has 4 aromatic rings. The van der Waals surface area contributed by atoms with Crippen molar-refractivity contribution in [1.29, 1.82) is 0 Å². The van der Waals surface area contributed by atoms with E-state index in [1.54, 1.807) is 36.4 Å². The lowest BCUT2D eigenvalue weighted by molar-refractivity contribution is 0.0951. The topological polar surface area (TPSA) is 75.3 Å². The molecule has 0 aliphatic heterocycles. The summed E-state index contributed by atoms with van der Waals surface area (Å²) in [6.07, 6.45) is 0. The fourth-order valence-electron chi connectivity index (χ4n) is 3.15. The molecule has 0 radical (unpaired) electrons. The van der Waals surface area contributed by atoms with Crippen molar-refractivity contribution in [2.24, 2.45) is 0 Å². The summed E-state index contributed by atoms with van der Waals surface area (Å²) in [7, 11) is -3.78. The van der Waals surface area contributed by atoms with Crippen LogP contribution in [0.3, 0.4) is 0 Å². The maximum Gasteiger partial charge on any atom is 0.261 e. The number of benzene rings is 4. The summed E-state index contributed by atoms with van der Waals surface area (Å²) >= 11 is 0. The normalized spacial score (nSPS) is 11.2. The lowest BCUT2D eigenvalue weighted by atomic mass is 10.1. The van der Waals surface area contributed by atoms with Gasteiger partial charge in [0.2, 0.25) is 0 Å². The quantitative estimate of drug-likeness (QED) is 0.483. The van der Waals surface area contributed by atoms with Gasteiger partial charge in [0, 0.05) is 17.8 Å². The Labute approximate surface area is 175 Å². The summed E-state index contributed by atoms with van der Waals surface area (Å²) in [5.41, 5.74) is 1.69. The maximum absolute atomic E-state index is 12.8. The summed E-state index contributed by atoms with van der Waals surface area (Å²) < 4.78 is 28.2. The van der Waals surface area contributed by atoms with Crippen molar-refractivity contribution >= 4 is 32.4 Å². The van der Waals surface area contributed by atoms with E-state index >= 15 is 0 Å². The lowest BCUT2D eigenvalue weighted by Gasteiger charge is -2.11. The third kappa shape index (κ3) is 4.50. The van der Waals surface area contributed by atoms with Gasteiger partial charge in [-0.05, 0) is 46.7 Å². The summed E-state index contributed by atoms with van der Waals surface area (Å²) in [5, 5.41) is 4.65. The van der Waals surface area contributed by atoms with Crippen LogP contribution in [0.5, 0.6) is 0 Å². The Bertz CT molecular complexity index is 1300. The first-order valence-electron chi connectivity index (χ1n) is 9.45. The molecule has 5 nitrogen and oxygen atoms in total. The molecule has 0 atom stereocenters. The summed E-state index contributed by atoms with van der Waals surface area (Å²) in [6, 6.07) is 28.6. The average Bonchev–Trinajstić information content (AvgIpc) is 2.77. The van der Waals surface area contributed by atoms with E-state index in [0.29, 0.717) is 17.8 Å². The summed E-state index contributed by atoms with van der Waals surface area (Å²) in [4.78, 5) is 12.6. The van der Waals surface area contributed by atoms with Gasteiger partial charge >= 0.3 is 0 Å². The molecule has 0 aliphatic rings. The van der Waals surface area contributed by atoms with Crippen molar-refractivity contribution in [1.82, 2.24) is 5.32 Å². The van der Waals surface area contributed by atoms with Crippen molar-refractivity contribution in [2.75, 3.05) is 4.72 Å². The number of amides is 1. The predicted octanol–water partition coefficient (Wildman–Crippen LogP) is 4.57. The van der Waals surface area contributed by atoms with E-state index in [1.165, 1.54) is 6.07 Å². The first-order valence-corrected chi connectivity index (χ1v) is 10.9. The minimum atomic E-state index is -3.78. The second-order valence-electron chi connectivity index (χ2n) is 6.86. The highest BCUT2D eigenvalue weighted by Gasteiger charge is 2.16. The molecule has 4 aromatic carbocycles. The van der Waals surface area contributed by atoms with Gasteiger partial charge in [-0.1, -0.05) is 66.7 Å². The van der Waals surface area contributed by atoms with Crippen LogP contribution in [-0.4, -0.2) is 14.3 Å². The molecule has 0 saturated carbocycles. The van der Waals surface area contributed by atoms with Gasteiger partial charge in [-0.15, -0.1) is 0 Å². The van der Waals surface area contributed by atoms with E-state index < -0.39 is 10.0 Å². The molecule has 1 amide bonds. The molecule has 0 heterocycles. The SMILES string of the molecule is O=C(NCc1ccccc1)c1cccc(NS(=O)(=O)c2ccc3ccccc3c2)c1. The van der Waals surface area contributed by atoms with Crippen LogP contribution in [0.4, 0.5) is 5.69 Å². The van der Waals surface area contributed by atoms with Crippen molar-refractivity contribution < 1.29 is 13.2 Å². The van der Waals surface area contributed by atoms with Crippen LogP contribution < -0.4 is 10.0 Å². The number of carbonyl (C=O) groups excluding carboxylic acids is 1. The number of hydrogen-bond donors (Lipinski definition) is 2. The van der Waals surface area contributed by atoms with Gasteiger partial charge in [0.25, 0.3) is 15.9 Å². The highest BCUT2D eigenvalue weighted by Crippen LogP contribution is 2.22. The lowest BCUT2D eigenvalue weighted by Crippen LogP contribution is -2.23. The molecule has 0 unspecified atom stereocenters. The standard InChI is InChI=1S/C24H20N2O3S/c27-24(25-17-18-7-2-1-3-8-18)21-11-6-12-22(15-21)26-30(28,29)23-14-13-19-9-4-5-10-20(19)16-23/h1-16,26H,17H2,(H,25,27). The second-order valence-corrected chi connectivity index (χ2v) is 8.55. The number of sulfonamides is 1. The number of rotatable bonds is 6. The largest absolute Gasteiger partial charge is 0.348 e. The smallest absolute Gasteiger partial charge is 0.261 e. The minimum absolute atomic E-state index is 0.167. The molecular formula is C24H20N2O3S. The van der Waals surface area contributed by atoms with Gasteiger partial charge < -0.3 is 5.32 Å². The zero-order valence-corrected chi connectivity index (χ0v) is 16.9. The van der Waals surface area contributed by atoms with Gasteiger partial charge in [-0.3, -0.25) is 9.52 Å². The van der Waals surface area contributed by atoms with Crippen LogP contribution in [0.1, 0.15) is 15.9 Å². The maximum atomic E-state index is 12.8. The molecule has 0 saturated heterocycles. The average molecular weight is 417 g/mol. The van der Waals surface area contributed by atoms with Crippen molar-refractivity contribution in [2.45, 2.75) is 11.4 Å². The van der Waals surface area contributed by atoms with E-state index in [2.05, 4.69) is 10.0 Å². The number of fused-ring (bicyclic) bond motifs is 1. The summed E-state index contributed by atoms with van der Waals surface area (Å²) in [6.45, 7) is 0.396. The Morgan fingerprint density at radius 2 is 1.47 bits per heavy atom. The van der Waals surface area contributed by atoms with Crippen molar-refractivity contribution in [3.05, 3.63) is 108 Å². The zero-order valence-electron chi connectivity index (χ0n) is 16.1. The van der Waals surface area contributed by atoms with Crippen LogP contribution in [0, 0.1) is 0 Å². The zero-order chi connectivity index (χ0) is 21.0. The Morgan fingerprint density at radius 3 is 2.27 bits per heavy atom. The molecule has 30 heavy (non-hydrogen) atoms. The van der Waals surface area contributed by atoms with Crippen molar-refractivity contribution in [3.63, 3.8) is 0 Å². The molecule has 2 N–H and O–H groups in total. The molecule has 0 spiro atoms. The Kier molecular flexibility index (Phi) is 5.50. The monoisotopic (exact) mass is 416 g/mol. The minimum Gasteiger partial charge on any atom is -0.348 e. The van der Waals surface area contributed by atoms with Gasteiger partial charge in [0.1, 0.15) is 0 Å². The predicted molar refractivity (Wildman–Crippen MR) is 119 cm³/mol. The Hall–Kier alpha value is -3.64.